The molecule has 0 aliphatic heterocycles. The van der Waals surface area contributed by atoms with Crippen LogP contribution in [0, 0.1) is 23.2 Å². The van der Waals surface area contributed by atoms with E-state index in [0.29, 0.717) is 0 Å². The quantitative estimate of drug-likeness (QED) is 0.181. The van der Waals surface area contributed by atoms with Gasteiger partial charge in [0.05, 0.1) is 11.7 Å². The van der Waals surface area contributed by atoms with Gasteiger partial charge in [0.25, 0.3) is 0 Å². The molecule has 4 fully saturated rings. The van der Waals surface area contributed by atoms with Gasteiger partial charge in [0.2, 0.25) is 0 Å². The highest BCUT2D eigenvalue weighted by atomic mass is 32.2. The first-order valence-electron chi connectivity index (χ1n) is 9.66. The largest absolute Gasteiger partial charge is 0.468 e. The van der Waals surface area contributed by atoms with E-state index in [1.807, 2.05) is 0 Å². The molecule has 14 heteroatoms. The molecule has 1 atom stereocenters. The number of carbonyl (C=O) groups excluding carboxylic acids is 2. The lowest BCUT2D eigenvalue weighted by Gasteiger charge is -2.55. The second kappa shape index (κ2) is 7.90. The average molecular weight is 492 g/mol. The maximum atomic E-state index is 14.0. The van der Waals surface area contributed by atoms with E-state index in [4.69, 9.17) is 4.55 Å². The lowest BCUT2D eigenvalue weighted by molar-refractivity contribution is -0.363. The molecule has 4 saturated carbocycles. The summed E-state index contributed by atoms with van der Waals surface area (Å²) in [4.78, 5) is 25.2. The number of esters is 2. The van der Waals surface area contributed by atoms with Gasteiger partial charge in [-0.1, -0.05) is 6.58 Å². The summed E-state index contributed by atoms with van der Waals surface area (Å²) in [5.74, 6) is -8.37. The number of ether oxygens (including phenoxy) is 3. The van der Waals surface area contributed by atoms with Crippen LogP contribution in [-0.2, 0) is 33.9 Å². The van der Waals surface area contributed by atoms with Gasteiger partial charge in [0, 0.05) is 0 Å². The summed E-state index contributed by atoms with van der Waals surface area (Å²) >= 11 is 0. The van der Waals surface area contributed by atoms with E-state index in [1.54, 1.807) is 0 Å². The van der Waals surface area contributed by atoms with Gasteiger partial charge in [-0.15, -0.1) is 0 Å². The van der Waals surface area contributed by atoms with Gasteiger partial charge in [-0.2, -0.15) is 30.4 Å². The molecule has 0 amide bonds. The second-order valence-corrected chi connectivity index (χ2v) is 10.2. The molecule has 4 rings (SSSR count). The van der Waals surface area contributed by atoms with Gasteiger partial charge in [-0.3, -0.25) is 9.35 Å². The van der Waals surface area contributed by atoms with Gasteiger partial charge in [-0.05, 0) is 56.3 Å². The smallest absolute Gasteiger partial charge is 0.430 e. The first-order chi connectivity index (χ1) is 14.6. The highest BCUT2D eigenvalue weighted by Gasteiger charge is 2.70. The van der Waals surface area contributed by atoms with Gasteiger partial charge in [-0.25, -0.2) is 4.79 Å². The Kier molecular flexibility index (Phi) is 6.13. The minimum Gasteiger partial charge on any atom is -0.430 e. The number of carbonyl (C=O) groups is 2. The summed E-state index contributed by atoms with van der Waals surface area (Å²) in [6.45, 7) is 0.240. The van der Waals surface area contributed by atoms with Crippen LogP contribution in [0.15, 0.2) is 12.8 Å². The Balaban J connectivity index is 1.95. The lowest BCUT2D eigenvalue weighted by Crippen LogP contribution is -2.62. The minimum atomic E-state index is -6.21. The summed E-state index contributed by atoms with van der Waals surface area (Å²) in [5, 5.41) is -5.24. The molecule has 8 nitrogen and oxygen atoms in total. The fourth-order valence-corrected chi connectivity index (χ4v) is 5.61. The zero-order valence-electron chi connectivity index (χ0n) is 16.6. The minimum absolute atomic E-state index is 0.0824. The molecule has 0 heterocycles. The SMILES string of the molecule is C=COC(=O)C(OCC(F)(F)S(=O)(=O)O)(OC(=O)C12CC3CC(CC(C3)C1)C2)C(F)(F)F. The summed E-state index contributed by atoms with van der Waals surface area (Å²) in [7, 11) is -6.21. The molecule has 4 bridgehead atoms. The topological polar surface area (TPSA) is 116 Å². The van der Waals surface area contributed by atoms with E-state index in [1.165, 1.54) is 0 Å². The van der Waals surface area contributed by atoms with Crippen molar-refractivity contribution in [3.05, 3.63) is 12.8 Å². The highest BCUT2D eigenvalue weighted by molar-refractivity contribution is 7.86. The van der Waals surface area contributed by atoms with Crippen LogP contribution in [0.4, 0.5) is 22.0 Å². The van der Waals surface area contributed by atoms with Crippen molar-refractivity contribution < 1.29 is 58.7 Å². The molecule has 0 aromatic heterocycles. The molecule has 182 valence electrons. The van der Waals surface area contributed by atoms with E-state index in [-0.39, 0.29) is 43.3 Å². The molecule has 32 heavy (non-hydrogen) atoms. The van der Waals surface area contributed by atoms with Crippen molar-refractivity contribution >= 4 is 22.1 Å². The van der Waals surface area contributed by atoms with Crippen LogP contribution in [0.5, 0.6) is 0 Å². The molecule has 0 spiro atoms. The van der Waals surface area contributed by atoms with Crippen LogP contribution in [0.1, 0.15) is 38.5 Å². The van der Waals surface area contributed by atoms with Crippen molar-refractivity contribution in [1.82, 2.24) is 0 Å². The number of rotatable bonds is 8. The number of hydrogen-bond acceptors (Lipinski definition) is 7. The van der Waals surface area contributed by atoms with Crippen LogP contribution in [0.2, 0.25) is 0 Å². The first kappa shape index (κ1) is 24.8. The molecule has 0 aromatic rings. The fourth-order valence-electron chi connectivity index (χ4n) is 5.40. The third-order valence-electron chi connectivity index (χ3n) is 6.36. The Bertz CT molecular complexity index is 864. The van der Waals surface area contributed by atoms with Gasteiger partial charge < -0.3 is 14.2 Å². The van der Waals surface area contributed by atoms with Gasteiger partial charge >= 0.3 is 39.3 Å². The fraction of sp³-hybridized carbons (Fsp3) is 0.778. The van der Waals surface area contributed by atoms with Crippen molar-refractivity contribution in [2.45, 2.75) is 55.7 Å². The standard InChI is InChI=1S/C18H21F5O8S/c1-2-29-14(25)17(18(21,22)23,30-9-16(19,20)32(26,27)28)31-13(24)15-6-10-3-11(7-15)5-12(4-10)8-15/h2,10-12H,1,3-9H2,(H,26,27,28). The maximum absolute atomic E-state index is 14.0. The summed E-state index contributed by atoms with van der Waals surface area (Å²) in [6, 6.07) is 0. The number of alkyl halides is 5. The van der Waals surface area contributed by atoms with E-state index in [2.05, 4.69) is 20.8 Å². The van der Waals surface area contributed by atoms with E-state index in [0.717, 1.165) is 19.3 Å². The number of hydrogen-bond donors (Lipinski definition) is 1. The van der Waals surface area contributed by atoms with Crippen molar-refractivity contribution in [2.24, 2.45) is 23.2 Å². The summed E-state index contributed by atoms with van der Waals surface area (Å²) < 4.78 is 112. The number of halogens is 5. The average Bonchev–Trinajstić information content (AvgIpc) is 2.62. The van der Waals surface area contributed by atoms with Crippen molar-refractivity contribution in [3.8, 4) is 0 Å². The van der Waals surface area contributed by atoms with Crippen LogP contribution < -0.4 is 0 Å². The molecule has 1 N–H and O–H groups in total. The van der Waals surface area contributed by atoms with Crippen LogP contribution in [0.25, 0.3) is 0 Å². The maximum Gasteiger partial charge on any atom is 0.468 e. The first-order valence-corrected chi connectivity index (χ1v) is 11.1. The Morgan fingerprint density at radius 3 is 1.88 bits per heavy atom. The van der Waals surface area contributed by atoms with Gasteiger partial charge in [0.15, 0.2) is 0 Å². The second-order valence-electron chi connectivity index (χ2n) is 8.67. The van der Waals surface area contributed by atoms with Crippen molar-refractivity contribution in [1.29, 1.82) is 0 Å². The normalized spacial score (nSPS) is 31.6. The molecule has 4 aliphatic carbocycles. The third kappa shape index (κ3) is 4.23. The van der Waals surface area contributed by atoms with Crippen molar-refractivity contribution in [3.63, 3.8) is 0 Å². The Morgan fingerprint density at radius 1 is 1.03 bits per heavy atom. The molecule has 0 aromatic carbocycles. The van der Waals surface area contributed by atoms with E-state index >= 15 is 0 Å². The van der Waals surface area contributed by atoms with E-state index in [9.17, 15) is 40.0 Å². The zero-order chi connectivity index (χ0) is 24.2. The molecular formula is C18H21F5O8S. The highest BCUT2D eigenvalue weighted by Crippen LogP contribution is 2.61. The van der Waals surface area contributed by atoms with Crippen LogP contribution in [0.3, 0.4) is 0 Å². The summed E-state index contributed by atoms with van der Waals surface area (Å²) in [5.41, 5.74) is -1.35. The third-order valence-corrected chi connectivity index (χ3v) is 7.23. The molecule has 0 radical (unpaired) electrons. The van der Waals surface area contributed by atoms with E-state index < -0.39 is 51.3 Å². The Labute approximate surface area is 179 Å². The molecule has 1 unspecified atom stereocenters. The predicted octanol–water partition coefficient (Wildman–Crippen LogP) is 3.19. The summed E-state index contributed by atoms with van der Waals surface area (Å²) in [6.07, 6.45) is -2.64. The van der Waals surface area contributed by atoms with Crippen LogP contribution >= 0.6 is 0 Å². The molecular weight excluding hydrogens is 471 g/mol. The monoisotopic (exact) mass is 492 g/mol. The lowest BCUT2D eigenvalue weighted by atomic mass is 9.49. The Hall–Kier alpha value is -1.80. The van der Waals surface area contributed by atoms with Gasteiger partial charge in [0.1, 0.15) is 6.61 Å². The zero-order valence-corrected chi connectivity index (χ0v) is 17.4. The van der Waals surface area contributed by atoms with Crippen molar-refractivity contribution in [2.75, 3.05) is 6.61 Å². The predicted molar refractivity (Wildman–Crippen MR) is 94.2 cm³/mol. The Morgan fingerprint density at radius 2 is 1.50 bits per heavy atom. The van der Waals surface area contributed by atoms with Crippen LogP contribution in [-0.4, -0.2) is 48.7 Å². The molecule has 4 aliphatic rings. The molecule has 0 saturated heterocycles.